The van der Waals surface area contributed by atoms with Crippen LogP contribution in [0.1, 0.15) is 17.3 Å². The molecule has 0 spiro atoms. The molecule has 0 saturated carbocycles. The number of hydrogen-bond donors (Lipinski definition) is 1. The van der Waals surface area contributed by atoms with Crippen molar-refractivity contribution < 1.29 is 9.53 Å². The fraction of sp³-hybridized carbons (Fsp3) is 0.111. The average molecular weight is 307 g/mol. The third kappa shape index (κ3) is 3.77. The number of benzene rings is 2. The van der Waals surface area contributed by atoms with Crippen LogP contribution >= 0.6 is 0 Å². The van der Waals surface area contributed by atoms with Crippen LogP contribution in [0.25, 0.3) is 0 Å². The number of ether oxygens (including phenoxy) is 1. The summed E-state index contributed by atoms with van der Waals surface area (Å²) < 4.78 is 7.50. The number of anilines is 1. The van der Waals surface area contributed by atoms with Crippen molar-refractivity contribution in [3.8, 4) is 11.5 Å². The zero-order valence-electron chi connectivity index (χ0n) is 12.8. The Kier molecular flexibility index (Phi) is 4.38. The number of amides is 1. The van der Waals surface area contributed by atoms with Crippen LogP contribution in [0.15, 0.2) is 66.9 Å². The van der Waals surface area contributed by atoms with Gasteiger partial charge < -0.3 is 10.1 Å². The third-order valence-corrected chi connectivity index (χ3v) is 3.28. The van der Waals surface area contributed by atoms with Crippen molar-refractivity contribution in [1.82, 2.24) is 9.78 Å². The first-order valence-corrected chi connectivity index (χ1v) is 7.42. The maximum Gasteiger partial charge on any atom is 0.256 e. The monoisotopic (exact) mass is 307 g/mol. The molecule has 1 N–H and O–H groups in total. The van der Waals surface area contributed by atoms with Gasteiger partial charge in [-0.05, 0) is 37.3 Å². The van der Waals surface area contributed by atoms with Crippen molar-refractivity contribution in [3.05, 3.63) is 72.4 Å². The van der Waals surface area contributed by atoms with Gasteiger partial charge in [-0.25, -0.2) is 0 Å². The van der Waals surface area contributed by atoms with E-state index in [0.717, 1.165) is 12.3 Å². The first kappa shape index (κ1) is 14.8. The van der Waals surface area contributed by atoms with Crippen molar-refractivity contribution in [3.63, 3.8) is 0 Å². The molecular formula is C18H17N3O2. The summed E-state index contributed by atoms with van der Waals surface area (Å²) in [6.45, 7) is 2.75. The molecule has 2 aromatic carbocycles. The molecule has 0 fully saturated rings. The summed E-state index contributed by atoms with van der Waals surface area (Å²) in [5.74, 6) is 1.66. The fourth-order valence-corrected chi connectivity index (χ4v) is 2.12. The molecule has 116 valence electrons. The number of nitrogens with zero attached hydrogens (tertiary/aromatic N) is 2. The molecule has 5 nitrogen and oxygen atoms in total. The SMILES string of the molecule is CCn1ccc(NC(=O)c2cccc(Oc3ccccc3)c2)n1. The highest BCUT2D eigenvalue weighted by atomic mass is 16.5. The van der Waals surface area contributed by atoms with Gasteiger partial charge in [0.05, 0.1) is 0 Å². The van der Waals surface area contributed by atoms with Gasteiger partial charge in [-0.15, -0.1) is 0 Å². The smallest absolute Gasteiger partial charge is 0.256 e. The molecule has 1 heterocycles. The van der Waals surface area contributed by atoms with Crippen LogP contribution in [0.4, 0.5) is 5.82 Å². The average Bonchev–Trinajstić information content (AvgIpc) is 3.03. The summed E-state index contributed by atoms with van der Waals surface area (Å²) in [7, 11) is 0. The predicted octanol–water partition coefficient (Wildman–Crippen LogP) is 3.95. The van der Waals surface area contributed by atoms with E-state index in [2.05, 4.69) is 10.4 Å². The topological polar surface area (TPSA) is 56.2 Å². The van der Waals surface area contributed by atoms with Crippen LogP contribution < -0.4 is 10.1 Å². The van der Waals surface area contributed by atoms with Gasteiger partial charge in [-0.3, -0.25) is 9.48 Å². The van der Waals surface area contributed by atoms with Gasteiger partial charge in [-0.2, -0.15) is 5.10 Å². The molecule has 1 amide bonds. The molecule has 0 radical (unpaired) electrons. The molecule has 0 unspecified atom stereocenters. The number of carbonyl (C=O) groups is 1. The second-order valence-corrected chi connectivity index (χ2v) is 4.95. The van der Waals surface area contributed by atoms with Crippen molar-refractivity contribution >= 4 is 11.7 Å². The van der Waals surface area contributed by atoms with Gasteiger partial charge in [0, 0.05) is 24.4 Å². The molecule has 3 aromatic rings. The molecule has 1 aromatic heterocycles. The van der Waals surface area contributed by atoms with E-state index < -0.39 is 0 Å². The summed E-state index contributed by atoms with van der Waals surface area (Å²) in [4.78, 5) is 12.3. The highest BCUT2D eigenvalue weighted by Gasteiger charge is 2.09. The minimum Gasteiger partial charge on any atom is -0.457 e. The first-order chi connectivity index (χ1) is 11.2. The number of nitrogens with one attached hydrogen (secondary N) is 1. The maximum absolute atomic E-state index is 12.3. The number of para-hydroxylation sites is 1. The van der Waals surface area contributed by atoms with Crippen molar-refractivity contribution in [2.75, 3.05) is 5.32 Å². The second kappa shape index (κ2) is 6.79. The number of hydrogen-bond acceptors (Lipinski definition) is 3. The standard InChI is InChI=1S/C18H17N3O2/c1-2-21-12-11-17(20-21)19-18(22)14-7-6-10-16(13-14)23-15-8-4-3-5-9-15/h3-13H,2H2,1H3,(H,19,20,22). The number of rotatable bonds is 5. The maximum atomic E-state index is 12.3. The lowest BCUT2D eigenvalue weighted by molar-refractivity contribution is 0.102. The number of aromatic nitrogens is 2. The molecule has 5 heteroatoms. The van der Waals surface area contributed by atoms with E-state index in [1.54, 1.807) is 28.9 Å². The van der Waals surface area contributed by atoms with Gasteiger partial charge in [0.15, 0.2) is 5.82 Å². The summed E-state index contributed by atoms with van der Waals surface area (Å²) in [5.41, 5.74) is 0.518. The highest BCUT2D eigenvalue weighted by molar-refractivity contribution is 6.03. The van der Waals surface area contributed by atoms with E-state index >= 15 is 0 Å². The van der Waals surface area contributed by atoms with Crippen LogP contribution in [0, 0.1) is 0 Å². The van der Waals surface area contributed by atoms with Crippen LogP contribution in [-0.4, -0.2) is 15.7 Å². The van der Waals surface area contributed by atoms with Crippen LogP contribution in [0.2, 0.25) is 0 Å². The summed E-state index contributed by atoms with van der Waals surface area (Å²) >= 11 is 0. The van der Waals surface area contributed by atoms with E-state index in [9.17, 15) is 4.79 Å². The zero-order chi connectivity index (χ0) is 16.1. The largest absolute Gasteiger partial charge is 0.457 e. The molecule has 23 heavy (non-hydrogen) atoms. The van der Waals surface area contributed by atoms with E-state index in [0.29, 0.717) is 17.1 Å². The Morgan fingerprint density at radius 3 is 2.61 bits per heavy atom. The van der Waals surface area contributed by atoms with Gasteiger partial charge in [-0.1, -0.05) is 24.3 Å². The van der Waals surface area contributed by atoms with E-state index in [-0.39, 0.29) is 5.91 Å². The van der Waals surface area contributed by atoms with Gasteiger partial charge in [0.2, 0.25) is 0 Å². The van der Waals surface area contributed by atoms with E-state index in [1.807, 2.05) is 49.5 Å². The molecule has 3 rings (SSSR count). The molecule has 0 bridgehead atoms. The molecular weight excluding hydrogens is 290 g/mol. The van der Waals surface area contributed by atoms with Gasteiger partial charge in [0.1, 0.15) is 11.5 Å². The van der Waals surface area contributed by atoms with Crippen LogP contribution in [0.3, 0.4) is 0 Å². The Bertz CT molecular complexity index is 797. The number of carbonyl (C=O) groups excluding carboxylic acids is 1. The minimum absolute atomic E-state index is 0.218. The Hall–Kier alpha value is -3.08. The summed E-state index contributed by atoms with van der Waals surface area (Å²) in [6, 6.07) is 18.3. The Balaban J connectivity index is 1.72. The fourth-order valence-electron chi connectivity index (χ4n) is 2.12. The lowest BCUT2D eigenvalue weighted by Gasteiger charge is -2.07. The summed E-state index contributed by atoms with van der Waals surface area (Å²) in [5, 5.41) is 7.02. The van der Waals surface area contributed by atoms with Crippen LogP contribution in [-0.2, 0) is 6.54 Å². The predicted molar refractivity (Wildman–Crippen MR) is 88.8 cm³/mol. The minimum atomic E-state index is -0.218. The lowest BCUT2D eigenvalue weighted by atomic mass is 10.2. The molecule has 0 aliphatic heterocycles. The quantitative estimate of drug-likeness (QED) is 0.776. The zero-order valence-corrected chi connectivity index (χ0v) is 12.8. The molecule has 0 aliphatic carbocycles. The molecule has 0 aliphatic rings. The first-order valence-electron chi connectivity index (χ1n) is 7.42. The van der Waals surface area contributed by atoms with Gasteiger partial charge >= 0.3 is 0 Å². The Labute approximate surface area is 134 Å². The molecule has 0 atom stereocenters. The van der Waals surface area contributed by atoms with Gasteiger partial charge in [0.25, 0.3) is 5.91 Å². The van der Waals surface area contributed by atoms with Crippen molar-refractivity contribution in [2.24, 2.45) is 0 Å². The lowest BCUT2D eigenvalue weighted by Crippen LogP contribution is -2.12. The third-order valence-electron chi connectivity index (χ3n) is 3.28. The summed E-state index contributed by atoms with van der Waals surface area (Å²) in [6.07, 6.45) is 1.82. The highest BCUT2D eigenvalue weighted by Crippen LogP contribution is 2.22. The number of aryl methyl sites for hydroxylation is 1. The van der Waals surface area contributed by atoms with Crippen molar-refractivity contribution in [1.29, 1.82) is 0 Å². The van der Waals surface area contributed by atoms with Crippen molar-refractivity contribution in [2.45, 2.75) is 13.5 Å². The normalized spacial score (nSPS) is 10.3. The Morgan fingerprint density at radius 1 is 1.09 bits per heavy atom. The van der Waals surface area contributed by atoms with E-state index in [4.69, 9.17) is 4.74 Å². The van der Waals surface area contributed by atoms with E-state index in [1.165, 1.54) is 0 Å². The Morgan fingerprint density at radius 2 is 1.87 bits per heavy atom. The van der Waals surface area contributed by atoms with Crippen LogP contribution in [0.5, 0.6) is 11.5 Å². The second-order valence-electron chi connectivity index (χ2n) is 4.95. The molecule has 0 saturated heterocycles.